The molecule has 1 atom stereocenters. The summed E-state index contributed by atoms with van der Waals surface area (Å²) < 4.78 is 28.8. The normalized spacial score (nSPS) is 24.4. The molecule has 4 nitrogen and oxygen atoms in total. The van der Waals surface area contributed by atoms with E-state index in [0.29, 0.717) is 11.0 Å². The van der Waals surface area contributed by atoms with Gasteiger partial charge in [-0.05, 0) is 54.0 Å². The lowest BCUT2D eigenvalue weighted by molar-refractivity contribution is 0.452. The van der Waals surface area contributed by atoms with Crippen molar-refractivity contribution in [1.29, 1.82) is 0 Å². The van der Waals surface area contributed by atoms with E-state index in [9.17, 15) is 8.42 Å². The Kier molecular flexibility index (Phi) is 4.18. The van der Waals surface area contributed by atoms with E-state index >= 15 is 0 Å². The van der Waals surface area contributed by atoms with Crippen LogP contribution >= 0.6 is 31.9 Å². The molecule has 2 N–H and O–H groups in total. The molecule has 0 saturated carbocycles. The second kappa shape index (κ2) is 5.20. The standard InChI is InChI=1S/C11H14Br2N2O2S/c1-11(4-5-14-7-11)15-18(16,17)10-3-2-8(12)6-9(10)13/h2-3,6,14-15H,4-5,7H2,1H3. The van der Waals surface area contributed by atoms with Gasteiger partial charge in [-0.15, -0.1) is 0 Å². The molecule has 1 aliphatic rings. The lowest BCUT2D eigenvalue weighted by Crippen LogP contribution is -2.47. The van der Waals surface area contributed by atoms with E-state index in [1.54, 1.807) is 18.2 Å². The number of hydrogen-bond donors (Lipinski definition) is 2. The molecular weight excluding hydrogens is 384 g/mol. The third kappa shape index (κ3) is 3.14. The van der Waals surface area contributed by atoms with Crippen molar-refractivity contribution in [2.24, 2.45) is 0 Å². The molecule has 1 saturated heterocycles. The highest BCUT2D eigenvalue weighted by Crippen LogP contribution is 2.27. The zero-order chi connectivity index (χ0) is 13.4. The van der Waals surface area contributed by atoms with Crippen LogP contribution in [0.2, 0.25) is 0 Å². The Bertz CT molecular complexity index is 554. The molecule has 1 aliphatic heterocycles. The molecule has 100 valence electrons. The zero-order valence-electron chi connectivity index (χ0n) is 9.83. The van der Waals surface area contributed by atoms with Crippen LogP contribution in [0.5, 0.6) is 0 Å². The minimum absolute atomic E-state index is 0.263. The van der Waals surface area contributed by atoms with Crippen LogP contribution in [0.4, 0.5) is 0 Å². The van der Waals surface area contributed by atoms with Crippen LogP contribution in [-0.2, 0) is 10.0 Å². The summed E-state index contributed by atoms with van der Waals surface area (Å²) in [6, 6.07) is 5.03. The monoisotopic (exact) mass is 396 g/mol. The fraction of sp³-hybridized carbons (Fsp3) is 0.455. The van der Waals surface area contributed by atoms with Crippen LogP contribution in [0, 0.1) is 0 Å². The molecule has 2 rings (SSSR count). The molecular formula is C11H14Br2N2O2S. The number of nitrogens with one attached hydrogen (secondary N) is 2. The molecule has 1 heterocycles. The Morgan fingerprint density at radius 2 is 2.11 bits per heavy atom. The first-order chi connectivity index (χ1) is 8.32. The van der Waals surface area contributed by atoms with Gasteiger partial charge < -0.3 is 5.32 Å². The summed E-state index contributed by atoms with van der Waals surface area (Å²) in [7, 11) is -3.51. The van der Waals surface area contributed by atoms with Gasteiger partial charge in [0, 0.05) is 21.0 Å². The van der Waals surface area contributed by atoms with E-state index in [2.05, 4.69) is 41.9 Å². The summed E-state index contributed by atoms with van der Waals surface area (Å²) in [6.07, 6.45) is 0.792. The quantitative estimate of drug-likeness (QED) is 0.822. The van der Waals surface area contributed by atoms with Crippen LogP contribution in [0.1, 0.15) is 13.3 Å². The number of sulfonamides is 1. The fourth-order valence-electron chi connectivity index (χ4n) is 1.98. The van der Waals surface area contributed by atoms with E-state index in [1.165, 1.54) is 0 Å². The summed E-state index contributed by atoms with van der Waals surface area (Å²) in [5.41, 5.74) is -0.411. The van der Waals surface area contributed by atoms with E-state index < -0.39 is 15.6 Å². The lowest BCUT2D eigenvalue weighted by Gasteiger charge is -2.24. The third-order valence-corrected chi connectivity index (χ3v) is 6.04. The molecule has 0 amide bonds. The van der Waals surface area contributed by atoms with Crippen LogP contribution in [0.25, 0.3) is 0 Å². The SMILES string of the molecule is CC1(NS(=O)(=O)c2ccc(Br)cc2Br)CCNC1. The van der Waals surface area contributed by atoms with E-state index in [1.807, 2.05) is 6.92 Å². The first-order valence-corrected chi connectivity index (χ1v) is 8.59. The summed E-state index contributed by atoms with van der Waals surface area (Å²) in [6.45, 7) is 3.40. The molecule has 18 heavy (non-hydrogen) atoms. The zero-order valence-corrected chi connectivity index (χ0v) is 13.8. The van der Waals surface area contributed by atoms with Crippen molar-refractivity contribution in [3.05, 3.63) is 27.1 Å². The average molecular weight is 398 g/mol. The first-order valence-electron chi connectivity index (χ1n) is 5.52. The van der Waals surface area contributed by atoms with E-state index in [-0.39, 0.29) is 4.90 Å². The highest BCUT2D eigenvalue weighted by Gasteiger charge is 2.34. The van der Waals surface area contributed by atoms with Crippen molar-refractivity contribution in [3.8, 4) is 0 Å². The van der Waals surface area contributed by atoms with Crippen LogP contribution in [0.3, 0.4) is 0 Å². The van der Waals surface area contributed by atoms with Gasteiger partial charge in [0.2, 0.25) is 10.0 Å². The van der Waals surface area contributed by atoms with Crippen LogP contribution < -0.4 is 10.0 Å². The predicted octanol–water partition coefficient (Wildman–Crippen LogP) is 2.24. The molecule has 1 fully saturated rings. The van der Waals surface area contributed by atoms with Crippen molar-refractivity contribution in [1.82, 2.24) is 10.0 Å². The molecule has 7 heteroatoms. The maximum atomic E-state index is 12.3. The molecule has 0 spiro atoms. The Labute approximate surface area is 124 Å². The Morgan fingerprint density at radius 3 is 2.67 bits per heavy atom. The minimum atomic E-state index is -3.51. The van der Waals surface area contributed by atoms with Crippen molar-refractivity contribution < 1.29 is 8.42 Å². The van der Waals surface area contributed by atoms with E-state index in [4.69, 9.17) is 0 Å². The Morgan fingerprint density at radius 1 is 1.39 bits per heavy atom. The van der Waals surface area contributed by atoms with Gasteiger partial charge in [0.25, 0.3) is 0 Å². The second-order valence-electron chi connectivity index (χ2n) is 4.67. The lowest BCUT2D eigenvalue weighted by atomic mass is 10.0. The largest absolute Gasteiger partial charge is 0.315 e. The van der Waals surface area contributed by atoms with Crippen molar-refractivity contribution in [3.63, 3.8) is 0 Å². The summed E-state index contributed by atoms with van der Waals surface area (Å²) >= 11 is 6.59. The summed E-state index contributed by atoms with van der Waals surface area (Å²) in [5, 5.41) is 3.16. The van der Waals surface area contributed by atoms with Crippen LogP contribution in [-0.4, -0.2) is 27.0 Å². The molecule has 0 aliphatic carbocycles. The van der Waals surface area contributed by atoms with Crippen molar-refractivity contribution in [2.75, 3.05) is 13.1 Å². The Balaban J connectivity index is 2.30. The van der Waals surface area contributed by atoms with Gasteiger partial charge in [-0.2, -0.15) is 0 Å². The number of hydrogen-bond acceptors (Lipinski definition) is 3. The van der Waals surface area contributed by atoms with Crippen molar-refractivity contribution in [2.45, 2.75) is 23.8 Å². The van der Waals surface area contributed by atoms with Gasteiger partial charge in [0.1, 0.15) is 0 Å². The third-order valence-electron chi connectivity index (χ3n) is 2.93. The van der Waals surface area contributed by atoms with E-state index in [0.717, 1.165) is 17.4 Å². The number of halogens is 2. The Hall–Kier alpha value is 0.0500. The van der Waals surface area contributed by atoms with Crippen LogP contribution in [0.15, 0.2) is 32.0 Å². The van der Waals surface area contributed by atoms with Gasteiger partial charge in [0.05, 0.1) is 4.90 Å². The van der Waals surface area contributed by atoms with Gasteiger partial charge in [-0.1, -0.05) is 15.9 Å². The molecule has 1 unspecified atom stereocenters. The average Bonchev–Trinajstić information content (AvgIpc) is 2.62. The maximum Gasteiger partial charge on any atom is 0.242 e. The smallest absolute Gasteiger partial charge is 0.242 e. The van der Waals surface area contributed by atoms with Gasteiger partial charge in [-0.3, -0.25) is 0 Å². The highest BCUT2D eigenvalue weighted by atomic mass is 79.9. The molecule has 1 aromatic carbocycles. The summed E-state index contributed by atoms with van der Waals surface area (Å²) in [4.78, 5) is 0.263. The molecule has 1 aromatic rings. The minimum Gasteiger partial charge on any atom is -0.315 e. The highest BCUT2D eigenvalue weighted by molar-refractivity contribution is 9.11. The molecule has 0 radical (unpaired) electrons. The molecule has 0 bridgehead atoms. The van der Waals surface area contributed by atoms with Gasteiger partial charge >= 0.3 is 0 Å². The number of rotatable bonds is 3. The summed E-state index contributed by atoms with van der Waals surface area (Å²) in [5.74, 6) is 0. The topological polar surface area (TPSA) is 58.2 Å². The number of benzene rings is 1. The van der Waals surface area contributed by atoms with Gasteiger partial charge in [0.15, 0.2) is 0 Å². The van der Waals surface area contributed by atoms with Gasteiger partial charge in [-0.25, -0.2) is 13.1 Å². The fourth-order valence-corrected chi connectivity index (χ4v) is 5.16. The van der Waals surface area contributed by atoms with Crippen molar-refractivity contribution >= 4 is 41.9 Å². The predicted molar refractivity (Wildman–Crippen MR) is 78.1 cm³/mol. The molecule has 0 aromatic heterocycles. The first kappa shape index (κ1) is 14.5. The maximum absolute atomic E-state index is 12.3. The second-order valence-corrected chi connectivity index (χ2v) is 8.09.